The fourth-order valence-corrected chi connectivity index (χ4v) is 6.49. The fourth-order valence-electron chi connectivity index (χ4n) is 6.49. The molecule has 1 unspecified atom stereocenters. The van der Waals surface area contributed by atoms with Gasteiger partial charge in [-0.3, -0.25) is 9.69 Å². The predicted molar refractivity (Wildman–Crippen MR) is 138 cm³/mol. The van der Waals surface area contributed by atoms with E-state index in [1.54, 1.807) is 7.11 Å². The second kappa shape index (κ2) is 10.3. The highest BCUT2D eigenvalue weighted by atomic mass is 16.7. The van der Waals surface area contributed by atoms with Gasteiger partial charge in [0, 0.05) is 6.54 Å². The number of allylic oxidation sites excluding steroid dienone is 2. The van der Waals surface area contributed by atoms with Crippen molar-refractivity contribution in [1.29, 1.82) is 0 Å². The van der Waals surface area contributed by atoms with Crippen LogP contribution in [0.25, 0.3) is 0 Å². The van der Waals surface area contributed by atoms with E-state index in [1.165, 1.54) is 7.11 Å². The number of carbonyl (C=O) groups is 2. The van der Waals surface area contributed by atoms with Crippen molar-refractivity contribution in [2.45, 2.75) is 75.5 Å². The van der Waals surface area contributed by atoms with Gasteiger partial charge in [-0.1, -0.05) is 11.6 Å². The SMILES string of the molecule is COC(=O)C[C@](O)(CCC=C(C)C)C(=O)OC1C(OC)=C[C@@]23CCCN2CCc2cc4c(cc2[C@H]13)OCO4. The van der Waals surface area contributed by atoms with Crippen LogP contribution in [-0.2, 0) is 30.2 Å². The van der Waals surface area contributed by atoms with E-state index in [2.05, 4.69) is 11.0 Å². The molecule has 1 spiro atoms. The molecule has 0 amide bonds. The van der Waals surface area contributed by atoms with Crippen LogP contribution in [0.5, 0.6) is 11.5 Å². The number of aliphatic hydroxyl groups is 1. The van der Waals surface area contributed by atoms with E-state index in [0.29, 0.717) is 17.9 Å². The summed E-state index contributed by atoms with van der Waals surface area (Å²) in [5.41, 5.74) is 0.772. The molecule has 9 heteroatoms. The van der Waals surface area contributed by atoms with Crippen LogP contribution < -0.4 is 9.47 Å². The number of fused-ring (bicyclic) bond motifs is 3. The van der Waals surface area contributed by atoms with Gasteiger partial charge in [-0.05, 0) is 81.8 Å². The number of carbonyl (C=O) groups excluding carboxylic acids is 2. The Kier molecular flexibility index (Phi) is 7.17. The molecule has 0 radical (unpaired) electrons. The zero-order valence-corrected chi connectivity index (χ0v) is 22.6. The lowest BCUT2D eigenvalue weighted by atomic mass is 9.77. The van der Waals surface area contributed by atoms with Crippen LogP contribution in [0.2, 0.25) is 0 Å². The Morgan fingerprint density at radius 2 is 1.97 bits per heavy atom. The molecule has 9 nitrogen and oxygen atoms in total. The van der Waals surface area contributed by atoms with E-state index in [4.69, 9.17) is 23.7 Å². The van der Waals surface area contributed by atoms with Crippen molar-refractivity contribution in [3.8, 4) is 11.5 Å². The van der Waals surface area contributed by atoms with Crippen LogP contribution in [-0.4, -0.2) is 73.3 Å². The molecule has 0 aromatic heterocycles. The van der Waals surface area contributed by atoms with Gasteiger partial charge in [0.25, 0.3) is 0 Å². The number of benzene rings is 1. The van der Waals surface area contributed by atoms with Crippen molar-refractivity contribution in [2.75, 3.05) is 34.1 Å². The molecule has 1 fully saturated rings. The molecule has 1 saturated heterocycles. The van der Waals surface area contributed by atoms with Crippen molar-refractivity contribution in [3.05, 3.63) is 46.7 Å². The van der Waals surface area contributed by atoms with Crippen molar-refractivity contribution in [2.24, 2.45) is 0 Å². The standard InChI is InChI=1S/C29H37NO8/c1-18(2)7-5-10-29(33,16-24(31)35-4)27(32)38-26-23(34-3)15-28-9-6-11-30(28)12-8-19-13-21-22(37-17-36-21)14-20(19)25(26)28/h7,13-15,25-26,33H,5-6,8-12,16-17H2,1-4H3/t25-,26?,28-,29-/m1/s1. The molecule has 4 aliphatic rings. The van der Waals surface area contributed by atoms with Crippen LogP contribution in [0.3, 0.4) is 0 Å². The average Bonchev–Trinajstić information content (AvgIpc) is 3.57. The summed E-state index contributed by atoms with van der Waals surface area (Å²) < 4.78 is 28.2. The van der Waals surface area contributed by atoms with Crippen LogP contribution >= 0.6 is 0 Å². The van der Waals surface area contributed by atoms with E-state index in [-0.39, 0.29) is 19.1 Å². The fraction of sp³-hybridized carbons (Fsp3) is 0.586. The number of ether oxygens (including phenoxy) is 5. The monoisotopic (exact) mass is 527 g/mol. The van der Waals surface area contributed by atoms with Crippen molar-refractivity contribution < 1.29 is 38.4 Å². The zero-order valence-electron chi connectivity index (χ0n) is 22.6. The van der Waals surface area contributed by atoms with Crippen molar-refractivity contribution in [1.82, 2.24) is 4.90 Å². The Labute approximate surface area is 223 Å². The van der Waals surface area contributed by atoms with Gasteiger partial charge < -0.3 is 28.8 Å². The maximum Gasteiger partial charge on any atom is 0.339 e. The third-order valence-electron chi connectivity index (χ3n) is 8.35. The highest BCUT2D eigenvalue weighted by Crippen LogP contribution is 2.55. The first-order valence-electron chi connectivity index (χ1n) is 13.3. The molecule has 1 N–H and O–H groups in total. The number of nitrogens with zero attached hydrogens (tertiary/aromatic N) is 1. The number of hydrogen-bond donors (Lipinski definition) is 1. The molecular formula is C29H37NO8. The molecule has 0 saturated carbocycles. The molecular weight excluding hydrogens is 490 g/mol. The summed E-state index contributed by atoms with van der Waals surface area (Å²) in [6, 6.07) is 4.04. The summed E-state index contributed by atoms with van der Waals surface area (Å²) >= 11 is 0. The summed E-state index contributed by atoms with van der Waals surface area (Å²) in [4.78, 5) is 28.4. The lowest BCUT2D eigenvalue weighted by Crippen LogP contribution is -2.49. The Morgan fingerprint density at radius 1 is 1.21 bits per heavy atom. The minimum atomic E-state index is -2.04. The number of rotatable bonds is 8. The van der Waals surface area contributed by atoms with Gasteiger partial charge in [0.2, 0.25) is 6.79 Å². The van der Waals surface area contributed by atoms with E-state index in [9.17, 15) is 14.7 Å². The van der Waals surface area contributed by atoms with Crippen molar-refractivity contribution in [3.63, 3.8) is 0 Å². The summed E-state index contributed by atoms with van der Waals surface area (Å²) in [5.74, 6) is 0.137. The molecule has 1 aromatic rings. The predicted octanol–water partition coefficient (Wildman–Crippen LogP) is 3.39. The smallest absolute Gasteiger partial charge is 0.339 e. The average molecular weight is 528 g/mol. The van der Waals surface area contributed by atoms with Crippen LogP contribution in [0, 0.1) is 0 Å². The van der Waals surface area contributed by atoms with Gasteiger partial charge >= 0.3 is 11.9 Å². The van der Waals surface area contributed by atoms with Gasteiger partial charge in [0.05, 0.1) is 32.1 Å². The number of esters is 2. The lowest BCUT2D eigenvalue weighted by Gasteiger charge is -2.39. The molecule has 1 aromatic carbocycles. The topological polar surface area (TPSA) is 104 Å². The minimum Gasteiger partial charge on any atom is -0.497 e. The van der Waals surface area contributed by atoms with Crippen LogP contribution in [0.15, 0.2) is 35.6 Å². The molecule has 4 atom stereocenters. The maximum absolute atomic E-state index is 13.7. The third-order valence-corrected chi connectivity index (χ3v) is 8.35. The Hall–Kier alpha value is -3.04. The third kappa shape index (κ3) is 4.56. The molecule has 38 heavy (non-hydrogen) atoms. The van der Waals surface area contributed by atoms with Gasteiger partial charge in [-0.15, -0.1) is 0 Å². The van der Waals surface area contributed by atoms with Gasteiger partial charge in [0.1, 0.15) is 5.76 Å². The highest BCUT2D eigenvalue weighted by molar-refractivity contribution is 5.86. The van der Waals surface area contributed by atoms with Crippen LogP contribution in [0.1, 0.15) is 63.0 Å². The Morgan fingerprint density at radius 3 is 2.68 bits per heavy atom. The summed E-state index contributed by atoms with van der Waals surface area (Å²) in [6.45, 7) is 5.83. The van der Waals surface area contributed by atoms with Crippen LogP contribution in [0.4, 0.5) is 0 Å². The highest BCUT2D eigenvalue weighted by Gasteiger charge is 2.59. The second-order valence-corrected chi connectivity index (χ2v) is 10.9. The molecule has 206 valence electrons. The summed E-state index contributed by atoms with van der Waals surface area (Å²) in [7, 11) is 2.81. The summed E-state index contributed by atoms with van der Waals surface area (Å²) in [5, 5.41) is 11.5. The lowest BCUT2D eigenvalue weighted by molar-refractivity contribution is -0.178. The molecule has 3 aliphatic heterocycles. The normalized spacial score (nSPS) is 26.7. The van der Waals surface area contributed by atoms with E-state index in [1.807, 2.05) is 32.1 Å². The maximum atomic E-state index is 13.7. The first-order valence-corrected chi connectivity index (χ1v) is 13.3. The number of hydrogen-bond acceptors (Lipinski definition) is 9. The van der Waals surface area contributed by atoms with E-state index < -0.39 is 35.6 Å². The zero-order chi connectivity index (χ0) is 27.1. The molecule has 3 heterocycles. The Balaban J connectivity index is 1.53. The first-order chi connectivity index (χ1) is 18.2. The quantitative estimate of drug-likeness (QED) is 0.402. The minimum absolute atomic E-state index is 0.0298. The van der Waals surface area contributed by atoms with Gasteiger partial charge in [0.15, 0.2) is 23.2 Å². The summed E-state index contributed by atoms with van der Waals surface area (Å²) in [6.07, 6.45) is 5.92. The van der Waals surface area contributed by atoms with E-state index in [0.717, 1.165) is 54.8 Å². The molecule has 1 aliphatic carbocycles. The first kappa shape index (κ1) is 26.6. The second-order valence-electron chi connectivity index (χ2n) is 10.9. The molecule has 5 rings (SSSR count). The molecule has 0 bridgehead atoms. The largest absolute Gasteiger partial charge is 0.497 e. The van der Waals surface area contributed by atoms with E-state index >= 15 is 0 Å². The van der Waals surface area contributed by atoms with Gasteiger partial charge in [-0.2, -0.15) is 0 Å². The van der Waals surface area contributed by atoms with Gasteiger partial charge in [-0.25, -0.2) is 4.79 Å². The van der Waals surface area contributed by atoms with Crippen molar-refractivity contribution >= 4 is 11.9 Å². The Bertz CT molecular complexity index is 1170. The number of methoxy groups -OCH3 is 2.